The van der Waals surface area contributed by atoms with E-state index in [2.05, 4.69) is 26.3 Å². The van der Waals surface area contributed by atoms with Gasteiger partial charge in [-0.3, -0.25) is 14.3 Å². The van der Waals surface area contributed by atoms with E-state index < -0.39 is 0 Å². The molecule has 2 heterocycles. The molecule has 1 amide bonds. The number of Topliss-reactive ketones (excluding diaryl/α,β-unsaturated/α-hetero) is 1. The van der Waals surface area contributed by atoms with Gasteiger partial charge < -0.3 is 9.73 Å². The molecule has 0 aliphatic heterocycles. The predicted molar refractivity (Wildman–Crippen MR) is 102 cm³/mol. The molecule has 0 unspecified atom stereocenters. The number of carbonyl (C=O) groups excluding carboxylic acids is 2. The Bertz CT molecular complexity index is 971. The monoisotopic (exact) mass is 415 g/mol. The fraction of sp³-hybridized carbons (Fsp3) is 0.211. The zero-order chi connectivity index (χ0) is 18.8. The molecule has 26 heavy (non-hydrogen) atoms. The Kier molecular flexibility index (Phi) is 5.08. The quantitative estimate of drug-likeness (QED) is 0.627. The van der Waals surface area contributed by atoms with Crippen LogP contribution < -0.4 is 5.32 Å². The van der Waals surface area contributed by atoms with E-state index in [1.807, 2.05) is 18.5 Å². The SMILES string of the molecule is CC(=O)c1ccc(NC(=O)c2ccc(Cn3nc(C)c(Br)c3C)o2)cc1. The zero-order valence-corrected chi connectivity index (χ0v) is 16.3. The Balaban J connectivity index is 1.69. The summed E-state index contributed by atoms with van der Waals surface area (Å²) < 4.78 is 8.43. The highest BCUT2D eigenvalue weighted by molar-refractivity contribution is 9.10. The van der Waals surface area contributed by atoms with Gasteiger partial charge in [0.15, 0.2) is 11.5 Å². The molecule has 6 nitrogen and oxygen atoms in total. The maximum absolute atomic E-state index is 12.3. The van der Waals surface area contributed by atoms with Gasteiger partial charge in [0.05, 0.1) is 22.4 Å². The van der Waals surface area contributed by atoms with Crippen LogP contribution in [-0.4, -0.2) is 21.5 Å². The zero-order valence-electron chi connectivity index (χ0n) is 14.7. The van der Waals surface area contributed by atoms with Crippen molar-refractivity contribution in [1.82, 2.24) is 9.78 Å². The Morgan fingerprint density at radius 3 is 2.42 bits per heavy atom. The van der Waals surface area contributed by atoms with Crippen LogP contribution in [0.4, 0.5) is 5.69 Å². The molecule has 2 aromatic heterocycles. The van der Waals surface area contributed by atoms with Crippen LogP contribution in [0.5, 0.6) is 0 Å². The number of hydrogen-bond acceptors (Lipinski definition) is 4. The van der Waals surface area contributed by atoms with Gasteiger partial charge in [0, 0.05) is 11.3 Å². The van der Waals surface area contributed by atoms with E-state index >= 15 is 0 Å². The van der Waals surface area contributed by atoms with Crippen LogP contribution >= 0.6 is 15.9 Å². The smallest absolute Gasteiger partial charge is 0.291 e. The third-order valence-electron chi connectivity index (χ3n) is 4.03. The van der Waals surface area contributed by atoms with Crippen molar-refractivity contribution in [3.63, 3.8) is 0 Å². The van der Waals surface area contributed by atoms with E-state index in [1.54, 1.807) is 36.4 Å². The van der Waals surface area contributed by atoms with E-state index in [9.17, 15) is 9.59 Å². The van der Waals surface area contributed by atoms with Gasteiger partial charge >= 0.3 is 0 Å². The summed E-state index contributed by atoms with van der Waals surface area (Å²) >= 11 is 3.49. The van der Waals surface area contributed by atoms with Crippen molar-refractivity contribution in [2.75, 3.05) is 5.32 Å². The third kappa shape index (κ3) is 3.77. The Hall–Kier alpha value is -2.67. The van der Waals surface area contributed by atoms with Crippen LogP contribution in [0.15, 0.2) is 45.3 Å². The number of benzene rings is 1. The van der Waals surface area contributed by atoms with Gasteiger partial charge in [0.25, 0.3) is 5.91 Å². The lowest BCUT2D eigenvalue weighted by Gasteiger charge is -2.04. The summed E-state index contributed by atoms with van der Waals surface area (Å²) in [4.78, 5) is 23.6. The summed E-state index contributed by atoms with van der Waals surface area (Å²) in [7, 11) is 0. The first-order chi connectivity index (χ1) is 12.3. The highest BCUT2D eigenvalue weighted by atomic mass is 79.9. The maximum Gasteiger partial charge on any atom is 0.291 e. The molecule has 1 aromatic carbocycles. The van der Waals surface area contributed by atoms with Gasteiger partial charge in [-0.05, 0) is 73.1 Å². The molecule has 3 aromatic rings. The minimum atomic E-state index is -0.346. The van der Waals surface area contributed by atoms with Crippen molar-refractivity contribution in [2.45, 2.75) is 27.3 Å². The van der Waals surface area contributed by atoms with E-state index in [1.165, 1.54) is 6.92 Å². The molecule has 0 saturated carbocycles. The van der Waals surface area contributed by atoms with Crippen molar-refractivity contribution in [3.05, 3.63) is 69.3 Å². The molecule has 3 rings (SSSR count). The third-order valence-corrected chi connectivity index (χ3v) is 5.18. The predicted octanol–water partition coefficient (Wildman–Crippen LogP) is 4.36. The van der Waals surface area contributed by atoms with Gasteiger partial charge in [-0.25, -0.2) is 0 Å². The number of nitrogens with zero attached hydrogens (tertiary/aromatic N) is 2. The van der Waals surface area contributed by atoms with Gasteiger partial charge in [-0.15, -0.1) is 0 Å². The van der Waals surface area contributed by atoms with Crippen molar-refractivity contribution < 1.29 is 14.0 Å². The minimum absolute atomic E-state index is 0.0191. The fourth-order valence-corrected chi connectivity index (χ4v) is 2.83. The number of amides is 1. The standard InChI is InChI=1S/C19H18BrN3O3/c1-11-18(20)12(2)23(22-11)10-16-8-9-17(26-16)19(25)21-15-6-4-14(5-7-15)13(3)24/h4-9H,10H2,1-3H3,(H,21,25). The summed E-state index contributed by atoms with van der Waals surface area (Å²) in [5, 5.41) is 7.18. The number of carbonyl (C=O) groups is 2. The second kappa shape index (κ2) is 7.29. The molecule has 0 aliphatic rings. The van der Waals surface area contributed by atoms with E-state index in [4.69, 9.17) is 4.42 Å². The summed E-state index contributed by atoms with van der Waals surface area (Å²) in [6, 6.07) is 10.1. The van der Waals surface area contributed by atoms with Crippen LogP contribution in [-0.2, 0) is 6.54 Å². The molecule has 0 fully saturated rings. The van der Waals surface area contributed by atoms with E-state index in [0.717, 1.165) is 15.9 Å². The molecule has 0 saturated heterocycles. The first-order valence-electron chi connectivity index (χ1n) is 8.05. The lowest BCUT2D eigenvalue weighted by Crippen LogP contribution is -2.11. The van der Waals surface area contributed by atoms with Crippen LogP contribution in [0.3, 0.4) is 0 Å². The molecule has 0 radical (unpaired) electrons. The highest BCUT2D eigenvalue weighted by Gasteiger charge is 2.14. The summed E-state index contributed by atoms with van der Waals surface area (Å²) in [6.07, 6.45) is 0. The molecule has 0 bridgehead atoms. The second-order valence-corrected chi connectivity index (χ2v) is 6.79. The van der Waals surface area contributed by atoms with Gasteiger partial charge in [0.2, 0.25) is 0 Å². The van der Waals surface area contributed by atoms with Gasteiger partial charge in [-0.1, -0.05) is 0 Å². The van der Waals surface area contributed by atoms with Crippen LogP contribution in [0.2, 0.25) is 0 Å². The maximum atomic E-state index is 12.3. The molecule has 1 N–H and O–H groups in total. The number of aryl methyl sites for hydroxylation is 1. The Morgan fingerprint density at radius 1 is 1.15 bits per heavy atom. The topological polar surface area (TPSA) is 77.1 Å². The molecule has 7 heteroatoms. The van der Waals surface area contributed by atoms with Crippen LogP contribution in [0.1, 0.15) is 45.0 Å². The summed E-state index contributed by atoms with van der Waals surface area (Å²) in [6.45, 7) is 5.83. The molecule has 0 spiro atoms. The van der Waals surface area contributed by atoms with Crippen molar-refractivity contribution >= 4 is 33.3 Å². The normalized spacial score (nSPS) is 10.8. The molecule has 0 atom stereocenters. The first kappa shape index (κ1) is 18.1. The first-order valence-corrected chi connectivity index (χ1v) is 8.85. The van der Waals surface area contributed by atoms with Crippen LogP contribution in [0, 0.1) is 13.8 Å². The number of nitrogens with one attached hydrogen (secondary N) is 1. The molecule has 134 valence electrons. The lowest BCUT2D eigenvalue weighted by atomic mass is 10.1. The second-order valence-electron chi connectivity index (χ2n) is 6.00. The molecular weight excluding hydrogens is 398 g/mol. The number of hydrogen-bond donors (Lipinski definition) is 1. The largest absolute Gasteiger partial charge is 0.454 e. The van der Waals surface area contributed by atoms with Gasteiger partial charge in [0.1, 0.15) is 5.76 Å². The van der Waals surface area contributed by atoms with Crippen molar-refractivity contribution in [1.29, 1.82) is 0 Å². The Labute approximate surface area is 159 Å². The lowest BCUT2D eigenvalue weighted by molar-refractivity contribution is 0.0992. The highest BCUT2D eigenvalue weighted by Crippen LogP contribution is 2.21. The van der Waals surface area contributed by atoms with Crippen molar-refractivity contribution in [2.24, 2.45) is 0 Å². The number of halogens is 1. The van der Waals surface area contributed by atoms with E-state index in [-0.39, 0.29) is 17.5 Å². The summed E-state index contributed by atoms with van der Waals surface area (Å²) in [5.41, 5.74) is 3.09. The van der Waals surface area contributed by atoms with E-state index in [0.29, 0.717) is 23.6 Å². The number of ketones is 1. The van der Waals surface area contributed by atoms with Gasteiger partial charge in [-0.2, -0.15) is 5.10 Å². The van der Waals surface area contributed by atoms with Crippen molar-refractivity contribution in [3.8, 4) is 0 Å². The minimum Gasteiger partial charge on any atom is -0.454 e. The summed E-state index contributed by atoms with van der Waals surface area (Å²) in [5.74, 6) is 0.493. The number of aromatic nitrogens is 2. The molecular formula is C19H18BrN3O3. The fourth-order valence-electron chi connectivity index (χ4n) is 2.54. The average Bonchev–Trinajstić information content (AvgIpc) is 3.17. The van der Waals surface area contributed by atoms with Crippen LogP contribution in [0.25, 0.3) is 0 Å². The average molecular weight is 416 g/mol. The Morgan fingerprint density at radius 2 is 1.85 bits per heavy atom. The number of anilines is 1. The number of rotatable bonds is 5. The molecule has 0 aliphatic carbocycles. The number of furan rings is 1.